The molecule has 2 aromatic rings. The Balaban J connectivity index is 2.02. The zero-order valence-electron chi connectivity index (χ0n) is 12.4. The molecule has 106 valence electrons. The predicted octanol–water partition coefficient (Wildman–Crippen LogP) is 3.38. The van der Waals surface area contributed by atoms with Crippen LogP contribution in [0, 0.1) is 20.8 Å². The minimum Gasteiger partial charge on any atom is -0.293 e. The number of benzene rings is 1. The first-order valence-electron chi connectivity index (χ1n) is 6.65. The molecule has 20 heavy (non-hydrogen) atoms. The number of carbonyl (C=O) groups excluding carboxylic acids is 1. The van der Waals surface area contributed by atoms with Gasteiger partial charge in [-0.1, -0.05) is 17.7 Å². The largest absolute Gasteiger partial charge is 0.293 e. The Morgan fingerprint density at radius 2 is 2.05 bits per heavy atom. The van der Waals surface area contributed by atoms with Crippen LogP contribution < -0.4 is 0 Å². The van der Waals surface area contributed by atoms with Crippen molar-refractivity contribution in [3.8, 4) is 0 Å². The molecule has 0 radical (unpaired) electrons. The van der Waals surface area contributed by atoms with Gasteiger partial charge in [-0.15, -0.1) is 11.3 Å². The van der Waals surface area contributed by atoms with Crippen molar-refractivity contribution in [1.29, 1.82) is 0 Å². The molecule has 0 bridgehead atoms. The highest BCUT2D eigenvalue weighted by atomic mass is 32.1. The standard InChI is InChI=1S/C16H20N2OS/c1-11-5-6-12(2)15(7-11)16(19)9-18(4)8-14-10-20-13(3)17-14/h5-7,10H,8-9H2,1-4H3. The number of ketones is 1. The average molecular weight is 288 g/mol. The van der Waals surface area contributed by atoms with Crippen LogP contribution in [-0.4, -0.2) is 29.3 Å². The summed E-state index contributed by atoms with van der Waals surface area (Å²) in [5.74, 6) is 0.167. The quantitative estimate of drug-likeness (QED) is 0.791. The van der Waals surface area contributed by atoms with E-state index in [4.69, 9.17) is 0 Å². The third-order valence-electron chi connectivity index (χ3n) is 3.21. The molecule has 0 fully saturated rings. The average Bonchev–Trinajstić information content (AvgIpc) is 2.77. The third-order valence-corrected chi connectivity index (χ3v) is 4.03. The van der Waals surface area contributed by atoms with Gasteiger partial charge in [0.25, 0.3) is 0 Å². The lowest BCUT2D eigenvalue weighted by molar-refractivity contribution is 0.0942. The van der Waals surface area contributed by atoms with Gasteiger partial charge in [0.1, 0.15) is 0 Å². The van der Waals surface area contributed by atoms with Gasteiger partial charge in [-0.05, 0) is 39.4 Å². The van der Waals surface area contributed by atoms with E-state index in [1.165, 1.54) is 0 Å². The highest BCUT2D eigenvalue weighted by Gasteiger charge is 2.13. The van der Waals surface area contributed by atoms with Crippen LogP contribution in [0.5, 0.6) is 0 Å². The molecule has 0 aliphatic carbocycles. The predicted molar refractivity (Wildman–Crippen MR) is 83.4 cm³/mol. The van der Waals surface area contributed by atoms with E-state index in [9.17, 15) is 4.79 Å². The molecule has 0 unspecified atom stereocenters. The summed E-state index contributed by atoms with van der Waals surface area (Å²) in [6, 6.07) is 6.01. The second kappa shape index (κ2) is 6.29. The number of nitrogens with zero attached hydrogens (tertiary/aromatic N) is 2. The van der Waals surface area contributed by atoms with E-state index in [1.807, 2.05) is 56.3 Å². The molecule has 3 nitrogen and oxygen atoms in total. The molecular formula is C16H20N2OS. The van der Waals surface area contributed by atoms with Gasteiger partial charge in [0.2, 0.25) is 0 Å². The molecule has 0 spiro atoms. The van der Waals surface area contributed by atoms with Gasteiger partial charge in [-0.2, -0.15) is 0 Å². The van der Waals surface area contributed by atoms with Gasteiger partial charge < -0.3 is 0 Å². The van der Waals surface area contributed by atoms with Crippen LogP contribution in [0.15, 0.2) is 23.6 Å². The SMILES string of the molecule is Cc1ccc(C)c(C(=O)CN(C)Cc2csc(C)n2)c1. The van der Waals surface area contributed by atoms with E-state index in [0.717, 1.165) is 27.4 Å². The van der Waals surface area contributed by atoms with Crippen molar-refractivity contribution in [2.75, 3.05) is 13.6 Å². The molecule has 0 atom stereocenters. The van der Waals surface area contributed by atoms with Crippen LogP contribution in [0.3, 0.4) is 0 Å². The van der Waals surface area contributed by atoms with Crippen molar-refractivity contribution in [2.24, 2.45) is 0 Å². The Morgan fingerprint density at radius 1 is 1.30 bits per heavy atom. The minimum absolute atomic E-state index is 0.167. The lowest BCUT2D eigenvalue weighted by Crippen LogP contribution is -2.26. The van der Waals surface area contributed by atoms with Gasteiger partial charge in [-0.25, -0.2) is 4.98 Å². The molecule has 0 aliphatic rings. The summed E-state index contributed by atoms with van der Waals surface area (Å²) in [4.78, 5) is 18.8. The molecule has 0 saturated carbocycles. The topological polar surface area (TPSA) is 33.2 Å². The summed E-state index contributed by atoms with van der Waals surface area (Å²) in [5.41, 5.74) is 4.02. The number of carbonyl (C=O) groups is 1. The second-order valence-corrected chi connectivity index (χ2v) is 6.33. The van der Waals surface area contributed by atoms with Crippen LogP contribution >= 0.6 is 11.3 Å². The number of likely N-dealkylation sites (N-methyl/N-ethyl adjacent to an activating group) is 1. The molecule has 1 heterocycles. The highest BCUT2D eigenvalue weighted by molar-refractivity contribution is 7.09. The molecule has 4 heteroatoms. The van der Waals surface area contributed by atoms with Gasteiger partial charge in [-0.3, -0.25) is 9.69 Å². The number of hydrogen-bond acceptors (Lipinski definition) is 4. The van der Waals surface area contributed by atoms with Crippen molar-refractivity contribution in [2.45, 2.75) is 27.3 Å². The van der Waals surface area contributed by atoms with Crippen molar-refractivity contribution in [3.63, 3.8) is 0 Å². The molecule has 0 aliphatic heterocycles. The molecule has 0 saturated heterocycles. The lowest BCUT2D eigenvalue weighted by Gasteiger charge is -2.15. The van der Waals surface area contributed by atoms with E-state index in [2.05, 4.69) is 4.98 Å². The molecular weight excluding hydrogens is 268 g/mol. The maximum absolute atomic E-state index is 12.4. The molecule has 1 aromatic heterocycles. The van der Waals surface area contributed by atoms with Gasteiger partial charge in [0, 0.05) is 17.5 Å². The molecule has 0 N–H and O–H groups in total. The summed E-state index contributed by atoms with van der Waals surface area (Å²) in [6.45, 7) is 7.12. The fourth-order valence-corrected chi connectivity index (χ4v) is 2.78. The van der Waals surface area contributed by atoms with Crippen LogP contribution in [-0.2, 0) is 6.54 Å². The van der Waals surface area contributed by atoms with Crippen LogP contribution in [0.4, 0.5) is 0 Å². The number of Topliss-reactive ketones (excluding diaryl/α,β-unsaturated/α-hetero) is 1. The number of aromatic nitrogens is 1. The zero-order chi connectivity index (χ0) is 14.7. The number of thiazole rings is 1. The summed E-state index contributed by atoms with van der Waals surface area (Å²) in [6.07, 6.45) is 0. The van der Waals surface area contributed by atoms with E-state index in [1.54, 1.807) is 11.3 Å². The van der Waals surface area contributed by atoms with Crippen LogP contribution in [0.1, 0.15) is 32.2 Å². The summed E-state index contributed by atoms with van der Waals surface area (Å²) < 4.78 is 0. The Morgan fingerprint density at radius 3 is 2.70 bits per heavy atom. The van der Waals surface area contributed by atoms with Gasteiger partial charge in [0.05, 0.1) is 17.2 Å². The lowest BCUT2D eigenvalue weighted by atomic mass is 10.0. The maximum atomic E-state index is 12.4. The van der Waals surface area contributed by atoms with Crippen LogP contribution in [0.2, 0.25) is 0 Å². The number of hydrogen-bond donors (Lipinski definition) is 0. The smallest absolute Gasteiger partial charge is 0.177 e. The van der Waals surface area contributed by atoms with E-state index in [0.29, 0.717) is 13.1 Å². The summed E-state index contributed by atoms with van der Waals surface area (Å²) >= 11 is 1.64. The maximum Gasteiger partial charge on any atom is 0.177 e. The van der Waals surface area contributed by atoms with Gasteiger partial charge in [0.15, 0.2) is 5.78 Å². The highest BCUT2D eigenvalue weighted by Crippen LogP contribution is 2.13. The number of aryl methyl sites for hydroxylation is 3. The molecule has 0 amide bonds. The van der Waals surface area contributed by atoms with Crippen molar-refractivity contribution >= 4 is 17.1 Å². The summed E-state index contributed by atoms with van der Waals surface area (Å²) in [7, 11) is 1.96. The minimum atomic E-state index is 0.167. The molecule has 2 rings (SSSR count). The Kier molecular flexibility index (Phi) is 4.68. The van der Waals surface area contributed by atoms with Gasteiger partial charge >= 0.3 is 0 Å². The Hall–Kier alpha value is -1.52. The van der Waals surface area contributed by atoms with E-state index >= 15 is 0 Å². The summed E-state index contributed by atoms with van der Waals surface area (Å²) in [5, 5.41) is 3.11. The Labute approximate surface area is 124 Å². The number of rotatable bonds is 5. The van der Waals surface area contributed by atoms with Crippen molar-refractivity contribution in [3.05, 3.63) is 51.0 Å². The first-order chi connectivity index (χ1) is 9.45. The zero-order valence-corrected chi connectivity index (χ0v) is 13.3. The van der Waals surface area contributed by atoms with Crippen LogP contribution in [0.25, 0.3) is 0 Å². The first-order valence-corrected chi connectivity index (χ1v) is 7.53. The molecule has 1 aromatic carbocycles. The fourth-order valence-electron chi connectivity index (χ4n) is 2.18. The Bertz CT molecular complexity index is 619. The van der Waals surface area contributed by atoms with Crippen molar-refractivity contribution in [1.82, 2.24) is 9.88 Å². The first kappa shape index (κ1) is 14.9. The van der Waals surface area contributed by atoms with Crippen molar-refractivity contribution < 1.29 is 4.79 Å². The normalized spacial score (nSPS) is 11.1. The second-order valence-electron chi connectivity index (χ2n) is 5.27. The third kappa shape index (κ3) is 3.74. The fraction of sp³-hybridized carbons (Fsp3) is 0.375. The van der Waals surface area contributed by atoms with E-state index in [-0.39, 0.29) is 5.78 Å². The monoisotopic (exact) mass is 288 g/mol. The van der Waals surface area contributed by atoms with E-state index < -0.39 is 0 Å².